The maximum Gasteiger partial charge on any atom is 0.339 e. The summed E-state index contributed by atoms with van der Waals surface area (Å²) >= 11 is 0. The molecule has 0 radical (unpaired) electrons. The predicted molar refractivity (Wildman–Crippen MR) is 48.7 cm³/mol. The van der Waals surface area contributed by atoms with Crippen LogP contribution in [0.4, 0.5) is 4.39 Å². The van der Waals surface area contributed by atoms with Crippen LogP contribution in [0.2, 0.25) is 0 Å². The summed E-state index contributed by atoms with van der Waals surface area (Å²) in [5.41, 5.74) is 0.211. The van der Waals surface area contributed by atoms with E-state index in [1.54, 1.807) is 0 Å². The number of aromatic amines is 1. The summed E-state index contributed by atoms with van der Waals surface area (Å²) in [7, 11) is 0. The molecule has 0 aliphatic carbocycles. The first-order valence-electron chi connectivity index (χ1n) is 4.06. The van der Waals surface area contributed by atoms with Crippen molar-refractivity contribution in [3.63, 3.8) is 0 Å². The monoisotopic (exact) mass is 207 g/mol. The first-order valence-corrected chi connectivity index (χ1v) is 4.06. The number of hydrogen-bond acceptors (Lipinski definition) is 3. The number of pyridine rings is 1. The van der Waals surface area contributed by atoms with Gasteiger partial charge in [0.1, 0.15) is 5.56 Å². The smallest absolute Gasteiger partial charge is 0.339 e. The molecule has 2 aromatic rings. The molecule has 0 bridgehead atoms. The van der Waals surface area contributed by atoms with Crippen LogP contribution in [-0.2, 0) is 0 Å². The van der Waals surface area contributed by atoms with Crippen molar-refractivity contribution in [3.8, 4) is 11.3 Å². The van der Waals surface area contributed by atoms with Crippen LogP contribution < -0.4 is 0 Å². The lowest BCUT2D eigenvalue weighted by Gasteiger charge is -2.00. The third-order valence-corrected chi connectivity index (χ3v) is 1.91. The van der Waals surface area contributed by atoms with Crippen LogP contribution in [-0.4, -0.2) is 26.3 Å². The van der Waals surface area contributed by atoms with E-state index >= 15 is 0 Å². The highest BCUT2D eigenvalue weighted by molar-refractivity contribution is 5.94. The Morgan fingerprint density at radius 2 is 2.27 bits per heavy atom. The van der Waals surface area contributed by atoms with Gasteiger partial charge in [-0.2, -0.15) is 5.10 Å². The second-order valence-electron chi connectivity index (χ2n) is 2.82. The Balaban J connectivity index is 2.59. The van der Waals surface area contributed by atoms with Crippen molar-refractivity contribution in [2.75, 3.05) is 0 Å². The Hall–Kier alpha value is -2.24. The van der Waals surface area contributed by atoms with E-state index in [9.17, 15) is 9.18 Å². The molecule has 2 rings (SSSR count). The number of halogens is 1. The molecule has 0 aliphatic rings. The van der Waals surface area contributed by atoms with E-state index in [-0.39, 0.29) is 16.8 Å². The average molecular weight is 207 g/mol. The zero-order valence-electron chi connectivity index (χ0n) is 7.44. The van der Waals surface area contributed by atoms with Gasteiger partial charge in [0.15, 0.2) is 5.82 Å². The summed E-state index contributed by atoms with van der Waals surface area (Å²) in [5, 5.41) is 14.8. The minimum atomic E-state index is -1.16. The van der Waals surface area contributed by atoms with Crippen LogP contribution in [0.25, 0.3) is 11.3 Å². The Morgan fingerprint density at radius 1 is 1.47 bits per heavy atom. The van der Waals surface area contributed by atoms with Crippen molar-refractivity contribution in [1.29, 1.82) is 0 Å². The maximum absolute atomic E-state index is 13.3. The number of nitrogens with one attached hydrogen (secondary N) is 1. The molecule has 0 unspecified atom stereocenters. The van der Waals surface area contributed by atoms with Gasteiger partial charge in [0.05, 0.1) is 18.1 Å². The molecular weight excluding hydrogens is 201 g/mol. The molecule has 0 spiro atoms. The van der Waals surface area contributed by atoms with E-state index in [1.165, 1.54) is 12.3 Å². The van der Waals surface area contributed by atoms with Gasteiger partial charge >= 0.3 is 5.97 Å². The molecule has 2 heterocycles. The first kappa shape index (κ1) is 9.32. The highest BCUT2D eigenvalue weighted by Gasteiger charge is 2.16. The highest BCUT2D eigenvalue weighted by Crippen LogP contribution is 2.22. The number of aromatic nitrogens is 3. The van der Waals surface area contributed by atoms with Crippen LogP contribution in [0, 0.1) is 5.82 Å². The summed E-state index contributed by atoms with van der Waals surface area (Å²) in [4.78, 5) is 14.3. The number of rotatable bonds is 2. The summed E-state index contributed by atoms with van der Waals surface area (Å²) in [6.45, 7) is 0. The molecule has 76 valence electrons. The molecule has 2 N–H and O–H groups in total. The standard InChI is InChI=1S/C9H6FN3O2/c10-7-4-11-2-1-5(7)8-6(9(14)15)3-12-13-8/h1-4H,(H,12,13)(H,14,15). The second kappa shape index (κ2) is 3.49. The third-order valence-electron chi connectivity index (χ3n) is 1.91. The van der Waals surface area contributed by atoms with Gasteiger partial charge < -0.3 is 5.11 Å². The van der Waals surface area contributed by atoms with Crippen molar-refractivity contribution in [2.24, 2.45) is 0 Å². The fourth-order valence-corrected chi connectivity index (χ4v) is 1.23. The number of carboxylic acid groups (broad SMARTS) is 1. The van der Waals surface area contributed by atoms with E-state index in [2.05, 4.69) is 15.2 Å². The summed E-state index contributed by atoms with van der Waals surface area (Å²) < 4.78 is 13.3. The van der Waals surface area contributed by atoms with Crippen molar-refractivity contribution < 1.29 is 14.3 Å². The summed E-state index contributed by atoms with van der Waals surface area (Å²) in [5.74, 6) is -1.75. The largest absolute Gasteiger partial charge is 0.478 e. The Labute approximate surface area is 83.6 Å². The van der Waals surface area contributed by atoms with Crippen LogP contribution in [0.5, 0.6) is 0 Å². The number of carbonyl (C=O) groups is 1. The van der Waals surface area contributed by atoms with Crippen molar-refractivity contribution in [2.45, 2.75) is 0 Å². The maximum atomic E-state index is 13.3. The number of aromatic carboxylic acids is 1. The first-order chi connectivity index (χ1) is 7.20. The summed E-state index contributed by atoms with van der Waals surface area (Å²) in [6.07, 6.45) is 3.53. The number of carboxylic acids is 1. The molecule has 5 nitrogen and oxygen atoms in total. The van der Waals surface area contributed by atoms with Gasteiger partial charge in [0, 0.05) is 11.8 Å². The van der Waals surface area contributed by atoms with E-state index in [1.807, 2.05) is 0 Å². The molecule has 2 aromatic heterocycles. The zero-order valence-corrected chi connectivity index (χ0v) is 7.44. The molecular formula is C9H6FN3O2. The van der Waals surface area contributed by atoms with E-state index < -0.39 is 11.8 Å². The Morgan fingerprint density at radius 3 is 2.93 bits per heavy atom. The molecule has 6 heteroatoms. The van der Waals surface area contributed by atoms with E-state index in [0.29, 0.717) is 0 Å². The van der Waals surface area contributed by atoms with Crippen LogP contribution in [0.3, 0.4) is 0 Å². The SMILES string of the molecule is O=C(O)c1cn[nH]c1-c1ccncc1F. The van der Waals surface area contributed by atoms with Crippen molar-refractivity contribution in [3.05, 3.63) is 36.0 Å². The van der Waals surface area contributed by atoms with E-state index in [4.69, 9.17) is 5.11 Å². The number of H-pyrrole nitrogens is 1. The lowest BCUT2D eigenvalue weighted by molar-refractivity contribution is 0.0698. The lowest BCUT2D eigenvalue weighted by atomic mass is 10.1. The van der Waals surface area contributed by atoms with Gasteiger partial charge in [-0.25, -0.2) is 9.18 Å². The molecule has 0 amide bonds. The third kappa shape index (κ3) is 1.56. The molecule has 15 heavy (non-hydrogen) atoms. The molecule has 0 saturated heterocycles. The van der Waals surface area contributed by atoms with Crippen LogP contribution in [0.1, 0.15) is 10.4 Å². The second-order valence-corrected chi connectivity index (χ2v) is 2.82. The lowest BCUT2D eigenvalue weighted by Crippen LogP contribution is -1.98. The highest BCUT2D eigenvalue weighted by atomic mass is 19.1. The van der Waals surface area contributed by atoms with Gasteiger partial charge in [-0.3, -0.25) is 10.1 Å². The molecule has 0 aromatic carbocycles. The minimum Gasteiger partial charge on any atom is -0.478 e. The zero-order chi connectivity index (χ0) is 10.8. The van der Waals surface area contributed by atoms with Crippen LogP contribution >= 0.6 is 0 Å². The van der Waals surface area contributed by atoms with E-state index in [0.717, 1.165) is 12.4 Å². The normalized spacial score (nSPS) is 10.2. The van der Waals surface area contributed by atoms with Gasteiger partial charge in [0.25, 0.3) is 0 Å². The van der Waals surface area contributed by atoms with Gasteiger partial charge in [0.2, 0.25) is 0 Å². The predicted octanol–water partition coefficient (Wildman–Crippen LogP) is 1.31. The molecule has 0 aliphatic heterocycles. The fourth-order valence-electron chi connectivity index (χ4n) is 1.23. The average Bonchev–Trinajstić information content (AvgIpc) is 2.67. The molecule has 0 atom stereocenters. The summed E-state index contributed by atoms with van der Waals surface area (Å²) in [6, 6.07) is 1.38. The molecule has 0 fully saturated rings. The van der Waals surface area contributed by atoms with Crippen LogP contribution in [0.15, 0.2) is 24.7 Å². The van der Waals surface area contributed by atoms with Gasteiger partial charge in [-0.1, -0.05) is 0 Å². The molecule has 0 saturated carbocycles. The Kier molecular flexibility index (Phi) is 2.17. The quantitative estimate of drug-likeness (QED) is 0.778. The van der Waals surface area contributed by atoms with Crippen molar-refractivity contribution in [1.82, 2.24) is 15.2 Å². The van der Waals surface area contributed by atoms with Crippen molar-refractivity contribution >= 4 is 5.97 Å². The number of hydrogen-bond donors (Lipinski definition) is 2. The fraction of sp³-hybridized carbons (Fsp3) is 0. The van der Waals surface area contributed by atoms with Gasteiger partial charge in [-0.05, 0) is 6.07 Å². The van der Waals surface area contributed by atoms with Gasteiger partial charge in [-0.15, -0.1) is 0 Å². The number of nitrogens with zero attached hydrogens (tertiary/aromatic N) is 2. The topological polar surface area (TPSA) is 78.9 Å². The minimum absolute atomic E-state index is 0.0694. The Bertz CT molecular complexity index is 510.